The molecule has 0 saturated carbocycles. The van der Waals surface area contributed by atoms with Crippen molar-refractivity contribution in [2.45, 2.75) is 23.5 Å². The van der Waals surface area contributed by atoms with E-state index in [1.165, 1.54) is 0 Å². The third-order valence-electron chi connectivity index (χ3n) is 1.64. The van der Waals surface area contributed by atoms with Crippen LogP contribution >= 0.6 is 11.6 Å². The largest absolute Gasteiger partial charge is 0.435 e. The smallest absolute Gasteiger partial charge is 0.422 e. The summed E-state index contributed by atoms with van der Waals surface area (Å²) in [5.74, 6) is -1.60. The number of carbonyl (C=O) groups excluding carboxylic acids is 1. The summed E-state index contributed by atoms with van der Waals surface area (Å²) in [6, 6.07) is 0. The van der Waals surface area contributed by atoms with Crippen LogP contribution in [0.3, 0.4) is 0 Å². The van der Waals surface area contributed by atoms with Gasteiger partial charge < -0.3 is 4.74 Å². The number of esters is 1. The number of alkyl halides is 3. The summed E-state index contributed by atoms with van der Waals surface area (Å²) in [5.41, 5.74) is -3.77. The third kappa shape index (κ3) is 5.14. The molecule has 1 atom stereocenters. The molecule has 0 rings (SSSR count). The van der Waals surface area contributed by atoms with Gasteiger partial charge in [-0.05, 0) is 6.42 Å². The van der Waals surface area contributed by atoms with Crippen molar-refractivity contribution in [3.8, 4) is 0 Å². The van der Waals surface area contributed by atoms with Crippen LogP contribution in [0.2, 0.25) is 0 Å². The summed E-state index contributed by atoms with van der Waals surface area (Å²) in [6.45, 7) is 0. The Balaban J connectivity index is 5.35. The summed E-state index contributed by atoms with van der Waals surface area (Å²) >= 11 is 5.18. The molecule has 13 heteroatoms. The fourth-order valence-electron chi connectivity index (χ4n) is 0.814. The SMILES string of the molecule is O=C(CCCCl)OC(C(F)(F)S(=O)(=O)O)S(=O)(=O)O. The average molecular weight is 347 g/mol. The van der Waals surface area contributed by atoms with Crippen molar-refractivity contribution in [2.24, 2.45) is 0 Å². The molecular weight excluding hydrogens is 338 g/mol. The molecule has 0 bridgehead atoms. The van der Waals surface area contributed by atoms with Crippen LogP contribution in [0.4, 0.5) is 8.78 Å². The molecule has 1 unspecified atom stereocenters. The second-order valence-corrected chi connectivity index (χ2v) is 6.50. The molecule has 0 aliphatic heterocycles. The molecular formula is C6H9ClF2O8S2. The molecule has 2 N–H and O–H groups in total. The first-order valence-corrected chi connectivity index (χ1v) is 7.88. The maximum atomic E-state index is 13.1. The van der Waals surface area contributed by atoms with E-state index >= 15 is 0 Å². The van der Waals surface area contributed by atoms with Crippen molar-refractivity contribution in [1.29, 1.82) is 0 Å². The lowest BCUT2D eigenvalue weighted by Crippen LogP contribution is -2.48. The molecule has 0 amide bonds. The molecule has 8 nitrogen and oxygen atoms in total. The summed E-state index contributed by atoms with van der Waals surface area (Å²) in [4.78, 5) is 11.0. The summed E-state index contributed by atoms with van der Waals surface area (Å²) in [5, 5.41) is -5.42. The van der Waals surface area contributed by atoms with Gasteiger partial charge in [0.25, 0.3) is 0 Å². The van der Waals surface area contributed by atoms with Crippen LogP contribution in [-0.2, 0) is 29.8 Å². The highest BCUT2D eigenvalue weighted by Crippen LogP contribution is 2.30. The Labute approximate surface area is 112 Å². The number of halogens is 3. The zero-order valence-electron chi connectivity index (χ0n) is 8.99. The quantitative estimate of drug-likeness (QED) is 0.380. The van der Waals surface area contributed by atoms with Crippen LogP contribution in [0.1, 0.15) is 12.8 Å². The second kappa shape index (κ2) is 6.26. The molecule has 0 radical (unpaired) electrons. The molecule has 0 heterocycles. The van der Waals surface area contributed by atoms with Crippen LogP contribution in [0, 0.1) is 0 Å². The van der Waals surface area contributed by atoms with Gasteiger partial charge >= 0.3 is 36.9 Å². The van der Waals surface area contributed by atoms with E-state index < -0.39 is 43.3 Å². The molecule has 19 heavy (non-hydrogen) atoms. The van der Waals surface area contributed by atoms with Crippen molar-refractivity contribution in [2.75, 3.05) is 5.88 Å². The minimum atomic E-state index is -6.23. The normalized spacial score (nSPS) is 15.0. The second-order valence-electron chi connectivity index (χ2n) is 3.17. The first-order chi connectivity index (χ1) is 8.34. The average Bonchev–Trinajstić information content (AvgIpc) is 2.19. The highest BCUT2D eigenvalue weighted by Gasteiger charge is 2.60. The van der Waals surface area contributed by atoms with E-state index in [0.717, 1.165) is 0 Å². The van der Waals surface area contributed by atoms with Gasteiger partial charge in [-0.25, -0.2) is 0 Å². The van der Waals surface area contributed by atoms with Crippen molar-refractivity contribution in [1.82, 2.24) is 0 Å². The number of ether oxygens (including phenoxy) is 1. The van der Waals surface area contributed by atoms with E-state index in [-0.39, 0.29) is 12.3 Å². The standard InChI is InChI=1S/C6H9ClF2O8S2/c7-3-1-2-4(10)17-5(18(11,12)13)6(8,9)19(14,15)16/h5H,1-3H2,(H,11,12,13)(H,14,15,16). The Morgan fingerprint density at radius 1 is 1.26 bits per heavy atom. The number of hydrogen-bond acceptors (Lipinski definition) is 6. The van der Waals surface area contributed by atoms with Gasteiger partial charge in [0.05, 0.1) is 0 Å². The van der Waals surface area contributed by atoms with E-state index in [2.05, 4.69) is 4.74 Å². The van der Waals surface area contributed by atoms with Gasteiger partial charge in [0, 0.05) is 12.3 Å². The highest BCUT2D eigenvalue weighted by atomic mass is 35.5. The van der Waals surface area contributed by atoms with Gasteiger partial charge in [0.15, 0.2) is 0 Å². The number of rotatable bonds is 7. The van der Waals surface area contributed by atoms with Crippen LogP contribution in [-0.4, -0.2) is 48.5 Å². The Morgan fingerprint density at radius 3 is 2.05 bits per heavy atom. The van der Waals surface area contributed by atoms with E-state index in [4.69, 9.17) is 20.7 Å². The Morgan fingerprint density at radius 2 is 1.74 bits per heavy atom. The van der Waals surface area contributed by atoms with Gasteiger partial charge in [0.1, 0.15) is 0 Å². The van der Waals surface area contributed by atoms with Gasteiger partial charge in [-0.2, -0.15) is 25.6 Å². The third-order valence-corrected chi connectivity index (χ3v) is 3.89. The molecule has 0 aromatic carbocycles. The zero-order valence-corrected chi connectivity index (χ0v) is 11.4. The van der Waals surface area contributed by atoms with Crippen molar-refractivity contribution in [3.63, 3.8) is 0 Å². The predicted octanol–water partition coefficient (Wildman–Crippen LogP) is 0.243. The number of carbonyl (C=O) groups is 1. The van der Waals surface area contributed by atoms with Crippen molar-refractivity contribution < 1.29 is 44.3 Å². The molecule has 0 aromatic rings. The topological polar surface area (TPSA) is 135 Å². The Bertz CT molecular complexity index is 527. The monoisotopic (exact) mass is 346 g/mol. The number of hydrogen-bond donors (Lipinski definition) is 2. The van der Waals surface area contributed by atoms with Crippen LogP contribution < -0.4 is 0 Å². The summed E-state index contributed by atoms with van der Waals surface area (Å²) < 4.78 is 88.5. The Kier molecular flexibility index (Phi) is 6.08. The lowest BCUT2D eigenvalue weighted by molar-refractivity contribution is -0.154. The van der Waals surface area contributed by atoms with E-state index in [9.17, 15) is 30.4 Å². The van der Waals surface area contributed by atoms with E-state index in [1.54, 1.807) is 0 Å². The molecule has 0 aliphatic rings. The fraction of sp³-hybridized carbons (Fsp3) is 0.833. The van der Waals surface area contributed by atoms with Gasteiger partial charge in [0.2, 0.25) is 0 Å². The fourth-order valence-corrected chi connectivity index (χ4v) is 2.54. The van der Waals surface area contributed by atoms with Crippen LogP contribution in [0.25, 0.3) is 0 Å². The summed E-state index contributed by atoms with van der Waals surface area (Å²) in [6.07, 6.45) is -0.646. The minimum absolute atomic E-state index is 0.0595. The van der Waals surface area contributed by atoms with Crippen molar-refractivity contribution in [3.05, 3.63) is 0 Å². The van der Waals surface area contributed by atoms with Gasteiger partial charge in [-0.3, -0.25) is 13.9 Å². The zero-order chi connectivity index (χ0) is 15.5. The Hall–Kier alpha value is -0.560. The molecule has 0 saturated heterocycles. The molecule has 0 fully saturated rings. The maximum absolute atomic E-state index is 13.1. The van der Waals surface area contributed by atoms with E-state index in [1.807, 2.05) is 0 Å². The first-order valence-electron chi connectivity index (χ1n) is 4.40. The predicted molar refractivity (Wildman–Crippen MR) is 57.9 cm³/mol. The maximum Gasteiger partial charge on any atom is 0.422 e. The minimum Gasteiger partial charge on any atom is -0.435 e. The highest BCUT2D eigenvalue weighted by molar-refractivity contribution is 7.90. The lowest BCUT2D eigenvalue weighted by atomic mass is 10.3. The molecule has 0 spiro atoms. The molecule has 0 aliphatic carbocycles. The van der Waals surface area contributed by atoms with E-state index in [0.29, 0.717) is 0 Å². The molecule has 114 valence electrons. The lowest BCUT2D eigenvalue weighted by Gasteiger charge is -2.21. The van der Waals surface area contributed by atoms with Crippen molar-refractivity contribution >= 4 is 37.8 Å². The first kappa shape index (κ1) is 18.4. The van der Waals surface area contributed by atoms with Gasteiger partial charge in [-0.15, -0.1) is 11.6 Å². The molecule has 0 aromatic heterocycles. The van der Waals surface area contributed by atoms with Crippen LogP contribution in [0.5, 0.6) is 0 Å². The van der Waals surface area contributed by atoms with Crippen LogP contribution in [0.15, 0.2) is 0 Å². The summed E-state index contributed by atoms with van der Waals surface area (Å²) in [7, 11) is -12.0. The van der Waals surface area contributed by atoms with Gasteiger partial charge in [-0.1, -0.05) is 0 Å².